The number of aliphatic hydroxyl groups excluding tert-OH is 2. The van der Waals surface area contributed by atoms with E-state index in [4.69, 9.17) is 14.6 Å². The molecule has 0 aliphatic heterocycles. The zero-order valence-electron chi connectivity index (χ0n) is 28.3. The molecule has 1 unspecified atom stereocenters. The Kier molecular flexibility index (Phi) is 16.0. The summed E-state index contributed by atoms with van der Waals surface area (Å²) in [5, 5.41) is 18.7. The van der Waals surface area contributed by atoms with Gasteiger partial charge in [-0.1, -0.05) is 57.8 Å². The number of carbonyl (C=O) groups excluding carboxylic acids is 2. The third-order valence-electron chi connectivity index (χ3n) is 11.2. The van der Waals surface area contributed by atoms with Crippen molar-refractivity contribution in [3.63, 3.8) is 0 Å². The average Bonchev–Trinajstić information content (AvgIpc) is 3.06. The van der Waals surface area contributed by atoms with Gasteiger partial charge in [-0.2, -0.15) is 0 Å². The molecule has 2 N–H and O–H groups in total. The van der Waals surface area contributed by atoms with Crippen LogP contribution in [0.3, 0.4) is 0 Å². The molecule has 3 aliphatic rings. The third kappa shape index (κ3) is 12.3. The van der Waals surface area contributed by atoms with Crippen molar-refractivity contribution in [1.82, 2.24) is 0 Å². The number of unbranched alkanes of at least 4 members (excludes halogenated alkanes) is 1. The van der Waals surface area contributed by atoms with Gasteiger partial charge in [0.25, 0.3) is 0 Å². The molecule has 0 aromatic carbocycles. The van der Waals surface area contributed by atoms with Crippen molar-refractivity contribution in [3.05, 3.63) is 24.3 Å². The maximum atomic E-state index is 12.4. The second-order valence-electron chi connectivity index (χ2n) is 15.2. The first-order chi connectivity index (χ1) is 21.1. The minimum atomic E-state index is -0.965. The Morgan fingerprint density at radius 2 is 1.30 bits per heavy atom. The maximum Gasteiger partial charge on any atom is 0.335 e. The Hall–Kier alpha value is -1.66. The fourth-order valence-electron chi connectivity index (χ4n) is 7.73. The molecule has 0 aromatic rings. The lowest BCUT2D eigenvalue weighted by Gasteiger charge is -2.37. The van der Waals surface area contributed by atoms with Gasteiger partial charge >= 0.3 is 11.9 Å². The minimum absolute atomic E-state index is 0.0191. The molecule has 0 heterocycles. The Balaban J connectivity index is 1.36. The van der Waals surface area contributed by atoms with E-state index in [9.17, 15) is 14.7 Å². The van der Waals surface area contributed by atoms with Crippen molar-refractivity contribution < 1.29 is 29.3 Å². The largest absolute Gasteiger partial charge is 0.465 e. The fraction of sp³-hybridized carbons (Fsp3) is 0.842. The van der Waals surface area contributed by atoms with Gasteiger partial charge in [0, 0.05) is 5.92 Å². The monoisotopic (exact) mass is 616 g/mol. The lowest BCUT2D eigenvalue weighted by Crippen LogP contribution is -2.32. The van der Waals surface area contributed by atoms with E-state index >= 15 is 0 Å². The zero-order valence-corrected chi connectivity index (χ0v) is 28.3. The summed E-state index contributed by atoms with van der Waals surface area (Å²) in [6.07, 6.45) is 27.5. The SMILES string of the molecule is C=C(CO)C(=O)OCC(CCC1CCC(C2CCC(/C=C/C3CCC(CCCC)CC3)CC2)CC1)COC(=O)C(C)(C)CO. The second-order valence-corrected chi connectivity index (χ2v) is 15.2. The molecule has 0 amide bonds. The smallest absolute Gasteiger partial charge is 0.335 e. The molecular weight excluding hydrogens is 552 g/mol. The topological polar surface area (TPSA) is 93.1 Å². The summed E-state index contributed by atoms with van der Waals surface area (Å²) in [6.45, 7) is 8.69. The van der Waals surface area contributed by atoms with Crippen LogP contribution in [0.4, 0.5) is 0 Å². The lowest BCUT2D eigenvalue weighted by atomic mass is 9.68. The van der Waals surface area contributed by atoms with Crippen LogP contribution in [0.1, 0.15) is 130 Å². The fourth-order valence-corrected chi connectivity index (χ4v) is 7.73. The first-order valence-corrected chi connectivity index (χ1v) is 18.1. The van der Waals surface area contributed by atoms with Crippen LogP contribution in [-0.4, -0.2) is 48.6 Å². The van der Waals surface area contributed by atoms with Gasteiger partial charge in [-0.15, -0.1) is 0 Å². The Labute approximate surface area is 268 Å². The molecular formula is C38H64O6. The highest BCUT2D eigenvalue weighted by Crippen LogP contribution is 2.43. The summed E-state index contributed by atoms with van der Waals surface area (Å²) in [6, 6.07) is 0. The van der Waals surface area contributed by atoms with Crippen LogP contribution in [0.2, 0.25) is 0 Å². The van der Waals surface area contributed by atoms with Gasteiger partial charge < -0.3 is 19.7 Å². The highest BCUT2D eigenvalue weighted by molar-refractivity contribution is 5.87. The number of allylic oxidation sites excluding steroid dienone is 2. The van der Waals surface area contributed by atoms with Crippen molar-refractivity contribution in [3.8, 4) is 0 Å². The summed E-state index contributed by atoms with van der Waals surface area (Å²) in [5.74, 6) is 3.81. The normalized spacial score (nSPS) is 28.8. The molecule has 0 radical (unpaired) electrons. The van der Waals surface area contributed by atoms with Crippen LogP contribution in [0.25, 0.3) is 0 Å². The number of rotatable bonds is 17. The number of carbonyl (C=O) groups is 2. The number of ether oxygens (including phenoxy) is 2. The first-order valence-electron chi connectivity index (χ1n) is 18.1. The van der Waals surface area contributed by atoms with Gasteiger partial charge in [0.15, 0.2) is 0 Å². The summed E-state index contributed by atoms with van der Waals surface area (Å²) in [4.78, 5) is 24.5. The Bertz CT molecular complexity index is 885. The Morgan fingerprint density at radius 3 is 1.84 bits per heavy atom. The number of aliphatic hydroxyl groups is 2. The van der Waals surface area contributed by atoms with Crippen molar-refractivity contribution in [1.29, 1.82) is 0 Å². The molecule has 0 spiro atoms. The summed E-state index contributed by atoms with van der Waals surface area (Å²) in [7, 11) is 0. The predicted molar refractivity (Wildman–Crippen MR) is 177 cm³/mol. The molecule has 44 heavy (non-hydrogen) atoms. The lowest BCUT2D eigenvalue weighted by molar-refractivity contribution is -0.158. The van der Waals surface area contributed by atoms with Crippen LogP contribution in [0, 0.1) is 46.8 Å². The maximum absolute atomic E-state index is 12.4. The van der Waals surface area contributed by atoms with E-state index in [1.165, 1.54) is 96.3 Å². The van der Waals surface area contributed by atoms with Crippen molar-refractivity contribution in [2.75, 3.05) is 26.4 Å². The first kappa shape index (κ1) is 36.8. The van der Waals surface area contributed by atoms with E-state index in [1.54, 1.807) is 13.8 Å². The van der Waals surface area contributed by atoms with Crippen LogP contribution in [0.5, 0.6) is 0 Å². The van der Waals surface area contributed by atoms with Crippen LogP contribution in [-0.2, 0) is 19.1 Å². The standard InChI is InChI=1S/C38H64O6/c1-5-6-7-29-8-10-30(11-9-29)12-13-31-16-20-34(21-17-31)35-22-18-32(19-23-35)14-15-33(25-43-36(41)28(2)24-39)26-44-37(42)38(3,4)27-40/h12-13,29-35,39-40H,2,5-11,14-27H2,1,3-4H3/b13-12+. The molecule has 0 aromatic heterocycles. The molecule has 3 aliphatic carbocycles. The highest BCUT2D eigenvalue weighted by atomic mass is 16.5. The summed E-state index contributed by atoms with van der Waals surface area (Å²) < 4.78 is 10.9. The van der Waals surface area contributed by atoms with E-state index in [-0.39, 0.29) is 31.3 Å². The molecule has 1 atom stereocenters. The van der Waals surface area contributed by atoms with E-state index in [1.807, 2.05) is 0 Å². The molecule has 3 saturated carbocycles. The van der Waals surface area contributed by atoms with Crippen LogP contribution < -0.4 is 0 Å². The number of esters is 2. The molecule has 3 fully saturated rings. The average molecular weight is 617 g/mol. The van der Waals surface area contributed by atoms with Crippen LogP contribution in [0.15, 0.2) is 24.3 Å². The van der Waals surface area contributed by atoms with Gasteiger partial charge in [-0.05, 0) is 126 Å². The highest BCUT2D eigenvalue weighted by Gasteiger charge is 2.32. The number of hydrogen-bond donors (Lipinski definition) is 2. The molecule has 6 heteroatoms. The molecule has 3 rings (SSSR count). The predicted octanol–water partition coefficient (Wildman–Crippen LogP) is 8.20. The minimum Gasteiger partial charge on any atom is -0.465 e. The third-order valence-corrected chi connectivity index (χ3v) is 11.2. The molecule has 6 nitrogen and oxygen atoms in total. The quantitative estimate of drug-likeness (QED) is 0.0972. The van der Waals surface area contributed by atoms with Gasteiger partial charge in [-0.3, -0.25) is 4.79 Å². The molecule has 0 saturated heterocycles. The van der Waals surface area contributed by atoms with Crippen molar-refractivity contribution in [2.45, 2.75) is 130 Å². The summed E-state index contributed by atoms with van der Waals surface area (Å²) >= 11 is 0. The van der Waals surface area contributed by atoms with Gasteiger partial charge in [0.05, 0.1) is 37.4 Å². The van der Waals surface area contributed by atoms with Gasteiger partial charge in [0.1, 0.15) is 0 Å². The Morgan fingerprint density at radius 1 is 0.795 bits per heavy atom. The number of hydrogen-bond acceptors (Lipinski definition) is 6. The van der Waals surface area contributed by atoms with E-state index in [2.05, 4.69) is 25.7 Å². The van der Waals surface area contributed by atoms with Crippen LogP contribution >= 0.6 is 0 Å². The van der Waals surface area contributed by atoms with E-state index in [0.717, 1.165) is 42.4 Å². The van der Waals surface area contributed by atoms with Crippen molar-refractivity contribution in [2.24, 2.45) is 46.8 Å². The molecule has 252 valence electrons. The summed E-state index contributed by atoms with van der Waals surface area (Å²) in [5.41, 5.74) is -0.946. The van der Waals surface area contributed by atoms with E-state index < -0.39 is 24.0 Å². The van der Waals surface area contributed by atoms with Gasteiger partial charge in [0.2, 0.25) is 0 Å². The van der Waals surface area contributed by atoms with Gasteiger partial charge in [-0.25, -0.2) is 4.79 Å². The molecule has 0 bridgehead atoms. The van der Waals surface area contributed by atoms with E-state index in [0.29, 0.717) is 5.92 Å². The second kappa shape index (κ2) is 19.1. The zero-order chi connectivity index (χ0) is 32.0. The van der Waals surface area contributed by atoms with Crippen molar-refractivity contribution >= 4 is 11.9 Å².